The lowest BCUT2D eigenvalue weighted by Gasteiger charge is -2.35. The summed E-state index contributed by atoms with van der Waals surface area (Å²) in [7, 11) is 3.33. The molecule has 40 heavy (non-hydrogen) atoms. The Labute approximate surface area is 237 Å². The normalized spacial score (nSPS) is 19.7. The molecular formula is C29H45N5O6. The maximum atomic E-state index is 13.4. The number of fused-ring (bicyclic) bond motifs is 2. The number of aromatic nitrogens is 3. The van der Waals surface area contributed by atoms with Crippen molar-refractivity contribution < 1.29 is 28.5 Å². The second kappa shape index (κ2) is 14.5. The van der Waals surface area contributed by atoms with E-state index in [1.807, 2.05) is 70.0 Å². The van der Waals surface area contributed by atoms with Crippen molar-refractivity contribution in [3.63, 3.8) is 0 Å². The fourth-order valence-corrected chi connectivity index (χ4v) is 4.44. The van der Waals surface area contributed by atoms with Gasteiger partial charge in [-0.2, -0.15) is 0 Å². The second-order valence-corrected chi connectivity index (χ2v) is 11.5. The van der Waals surface area contributed by atoms with Crippen LogP contribution in [0.5, 0.6) is 5.75 Å². The lowest BCUT2D eigenvalue weighted by atomic mass is 10.0. The molecule has 1 aromatic heterocycles. The minimum Gasteiger partial charge on any atom is -0.497 e. The van der Waals surface area contributed by atoms with Gasteiger partial charge in [-0.25, -0.2) is 4.79 Å². The van der Waals surface area contributed by atoms with Gasteiger partial charge in [0.2, 0.25) is 5.91 Å². The molecule has 1 aliphatic heterocycles. The SMILES string of the molecule is COc1ccc(COCC(C)N2C[C@H](C)C(CN(C)C(=O)OC(C)(C)C)OCc3cn(nn3)CCCC2=O)cc1. The largest absolute Gasteiger partial charge is 0.497 e. The maximum absolute atomic E-state index is 13.4. The van der Waals surface area contributed by atoms with Crippen molar-refractivity contribution in [2.75, 3.05) is 33.9 Å². The highest BCUT2D eigenvalue weighted by Crippen LogP contribution is 2.19. The third kappa shape index (κ3) is 9.78. The Morgan fingerprint density at radius 3 is 2.65 bits per heavy atom. The Morgan fingerprint density at radius 2 is 1.98 bits per heavy atom. The van der Waals surface area contributed by atoms with Crippen LogP contribution in [-0.2, 0) is 38.8 Å². The van der Waals surface area contributed by atoms with E-state index in [0.717, 1.165) is 11.3 Å². The first-order valence-electron chi connectivity index (χ1n) is 13.9. The molecule has 2 heterocycles. The minimum atomic E-state index is -0.606. The minimum absolute atomic E-state index is 0.0474. The summed E-state index contributed by atoms with van der Waals surface area (Å²) in [5, 5.41) is 8.37. The Balaban J connectivity index is 1.71. The topological polar surface area (TPSA) is 108 Å². The van der Waals surface area contributed by atoms with E-state index in [9.17, 15) is 9.59 Å². The van der Waals surface area contributed by atoms with Crippen LogP contribution >= 0.6 is 0 Å². The fourth-order valence-electron chi connectivity index (χ4n) is 4.44. The Morgan fingerprint density at radius 1 is 1.25 bits per heavy atom. The summed E-state index contributed by atoms with van der Waals surface area (Å²) >= 11 is 0. The molecule has 2 bridgehead atoms. The van der Waals surface area contributed by atoms with Crippen LogP contribution in [0.2, 0.25) is 0 Å². The molecule has 2 aromatic rings. The molecule has 0 spiro atoms. The molecule has 1 aliphatic rings. The van der Waals surface area contributed by atoms with Crippen LogP contribution in [0.1, 0.15) is 58.7 Å². The summed E-state index contributed by atoms with van der Waals surface area (Å²) in [6, 6.07) is 7.58. The van der Waals surface area contributed by atoms with Crippen LogP contribution in [-0.4, -0.2) is 88.4 Å². The van der Waals surface area contributed by atoms with E-state index >= 15 is 0 Å². The molecule has 0 saturated carbocycles. The third-order valence-electron chi connectivity index (χ3n) is 6.73. The molecule has 222 valence electrons. The van der Waals surface area contributed by atoms with Crippen LogP contribution in [0.3, 0.4) is 0 Å². The number of carbonyl (C=O) groups is 2. The number of ether oxygens (including phenoxy) is 4. The van der Waals surface area contributed by atoms with Gasteiger partial charge in [0.25, 0.3) is 0 Å². The average molecular weight is 560 g/mol. The molecule has 2 amide bonds. The summed E-state index contributed by atoms with van der Waals surface area (Å²) in [5.74, 6) is 0.753. The zero-order chi connectivity index (χ0) is 29.3. The van der Waals surface area contributed by atoms with Gasteiger partial charge in [-0.05, 0) is 51.8 Å². The Kier molecular flexibility index (Phi) is 11.3. The van der Waals surface area contributed by atoms with E-state index in [1.54, 1.807) is 18.8 Å². The van der Waals surface area contributed by atoms with E-state index in [-0.39, 0.29) is 30.6 Å². The Hall–Kier alpha value is -3.18. The highest BCUT2D eigenvalue weighted by Gasteiger charge is 2.30. The van der Waals surface area contributed by atoms with Gasteiger partial charge in [0, 0.05) is 32.5 Å². The molecule has 0 N–H and O–H groups in total. The van der Waals surface area contributed by atoms with Crippen molar-refractivity contribution in [1.29, 1.82) is 0 Å². The van der Waals surface area contributed by atoms with Crippen LogP contribution in [0.25, 0.3) is 0 Å². The van der Waals surface area contributed by atoms with Crippen molar-refractivity contribution in [3.8, 4) is 5.75 Å². The highest BCUT2D eigenvalue weighted by molar-refractivity contribution is 5.76. The molecule has 0 saturated heterocycles. The third-order valence-corrected chi connectivity index (χ3v) is 6.73. The van der Waals surface area contributed by atoms with Gasteiger partial charge in [0.1, 0.15) is 17.0 Å². The van der Waals surface area contributed by atoms with Gasteiger partial charge in [-0.1, -0.05) is 24.3 Å². The first-order chi connectivity index (χ1) is 18.9. The number of aryl methyl sites for hydroxylation is 1. The van der Waals surface area contributed by atoms with E-state index in [0.29, 0.717) is 51.4 Å². The number of methoxy groups -OCH3 is 1. The predicted molar refractivity (Wildman–Crippen MR) is 150 cm³/mol. The van der Waals surface area contributed by atoms with E-state index in [4.69, 9.17) is 18.9 Å². The predicted octanol–water partition coefficient (Wildman–Crippen LogP) is 3.90. The standard InChI is InChI=1S/C29H45N5O6/c1-21-15-34(22(2)18-38-19-23-10-12-25(37-7)13-11-23)27(35)9-8-14-33-16-24(30-31-33)20-39-26(21)17-32(6)28(36)40-29(3,4)5/h10-13,16,21-22,26H,8-9,14-15,17-20H2,1-7H3/t21-,22?,26?/m0/s1. The molecule has 11 heteroatoms. The summed E-state index contributed by atoms with van der Waals surface area (Å²) in [5.41, 5.74) is 1.13. The van der Waals surface area contributed by atoms with Crippen molar-refractivity contribution in [1.82, 2.24) is 24.8 Å². The summed E-state index contributed by atoms with van der Waals surface area (Å²) in [6.07, 6.45) is 2.08. The summed E-state index contributed by atoms with van der Waals surface area (Å²) in [6.45, 7) is 12.0. The summed E-state index contributed by atoms with van der Waals surface area (Å²) in [4.78, 5) is 29.5. The average Bonchev–Trinajstić information content (AvgIpc) is 3.35. The molecular weight excluding hydrogens is 514 g/mol. The van der Waals surface area contributed by atoms with Gasteiger partial charge in [0.05, 0.1) is 51.8 Å². The lowest BCUT2D eigenvalue weighted by molar-refractivity contribution is -0.136. The molecule has 1 aromatic carbocycles. The van der Waals surface area contributed by atoms with Crippen LogP contribution in [0, 0.1) is 5.92 Å². The number of likely N-dealkylation sites (N-methyl/N-ethyl adjacent to an activating group) is 1. The number of rotatable bonds is 8. The number of amides is 2. The summed E-state index contributed by atoms with van der Waals surface area (Å²) < 4.78 is 24.8. The van der Waals surface area contributed by atoms with Gasteiger partial charge in [0.15, 0.2) is 0 Å². The number of carbonyl (C=O) groups excluding carboxylic acids is 2. The van der Waals surface area contributed by atoms with Crippen LogP contribution < -0.4 is 4.74 Å². The monoisotopic (exact) mass is 559 g/mol. The fraction of sp³-hybridized carbons (Fsp3) is 0.655. The van der Waals surface area contributed by atoms with Gasteiger partial charge in [-0.15, -0.1) is 5.10 Å². The zero-order valence-corrected chi connectivity index (χ0v) is 25.0. The lowest BCUT2D eigenvalue weighted by Crippen LogP contribution is -2.48. The quantitative estimate of drug-likeness (QED) is 0.479. The van der Waals surface area contributed by atoms with E-state index < -0.39 is 11.7 Å². The molecule has 3 atom stereocenters. The molecule has 11 nitrogen and oxygen atoms in total. The smallest absolute Gasteiger partial charge is 0.410 e. The van der Waals surface area contributed by atoms with Crippen molar-refractivity contribution >= 4 is 12.0 Å². The van der Waals surface area contributed by atoms with Crippen molar-refractivity contribution in [2.24, 2.45) is 5.92 Å². The highest BCUT2D eigenvalue weighted by atomic mass is 16.6. The van der Waals surface area contributed by atoms with Crippen molar-refractivity contribution in [2.45, 2.75) is 85.0 Å². The van der Waals surface area contributed by atoms with Gasteiger partial charge < -0.3 is 28.7 Å². The second-order valence-electron chi connectivity index (χ2n) is 11.5. The number of nitrogens with zero attached hydrogens (tertiary/aromatic N) is 5. The molecule has 0 fully saturated rings. The van der Waals surface area contributed by atoms with E-state index in [2.05, 4.69) is 10.3 Å². The molecule has 0 radical (unpaired) electrons. The number of benzene rings is 1. The van der Waals surface area contributed by atoms with Gasteiger partial charge in [-0.3, -0.25) is 9.48 Å². The number of hydrogen-bond donors (Lipinski definition) is 0. The van der Waals surface area contributed by atoms with Gasteiger partial charge >= 0.3 is 6.09 Å². The number of hydrogen-bond acceptors (Lipinski definition) is 8. The first kappa shape index (κ1) is 31.3. The Bertz CT molecular complexity index is 1080. The van der Waals surface area contributed by atoms with Crippen LogP contribution in [0.15, 0.2) is 30.5 Å². The zero-order valence-electron chi connectivity index (χ0n) is 25.0. The molecule has 0 aliphatic carbocycles. The van der Waals surface area contributed by atoms with Crippen LogP contribution in [0.4, 0.5) is 4.79 Å². The maximum Gasteiger partial charge on any atom is 0.410 e. The molecule has 2 unspecified atom stereocenters. The van der Waals surface area contributed by atoms with E-state index in [1.165, 1.54) is 4.90 Å². The van der Waals surface area contributed by atoms with Crippen molar-refractivity contribution in [3.05, 3.63) is 41.7 Å². The molecule has 3 rings (SSSR count). The first-order valence-corrected chi connectivity index (χ1v) is 13.9.